The molecule has 0 bridgehead atoms. The van der Waals surface area contributed by atoms with Crippen molar-refractivity contribution >= 4 is 0 Å². The molecule has 4 nitrogen and oxygen atoms in total. The van der Waals surface area contributed by atoms with Gasteiger partial charge >= 0.3 is 0 Å². The number of rotatable bonds is 3. The summed E-state index contributed by atoms with van der Waals surface area (Å²) in [6.07, 6.45) is 0.245. The summed E-state index contributed by atoms with van der Waals surface area (Å²) in [6.45, 7) is 14.8. The van der Waals surface area contributed by atoms with E-state index in [1.54, 1.807) is 0 Å². The van der Waals surface area contributed by atoms with Crippen molar-refractivity contribution in [2.75, 3.05) is 26.7 Å². The van der Waals surface area contributed by atoms with Crippen LogP contribution in [-0.2, 0) is 16.7 Å². The number of hydrogen-bond acceptors (Lipinski definition) is 3. The molecule has 1 aliphatic rings. The van der Waals surface area contributed by atoms with Crippen molar-refractivity contribution in [3.05, 3.63) is 17.5 Å². The van der Waals surface area contributed by atoms with Crippen molar-refractivity contribution < 1.29 is 4.74 Å². The zero-order valence-electron chi connectivity index (χ0n) is 13.8. The van der Waals surface area contributed by atoms with Crippen molar-refractivity contribution in [1.82, 2.24) is 14.7 Å². The van der Waals surface area contributed by atoms with Crippen molar-refractivity contribution in [3.8, 4) is 0 Å². The summed E-state index contributed by atoms with van der Waals surface area (Å²) in [6, 6.07) is 2.26. The van der Waals surface area contributed by atoms with Gasteiger partial charge in [0.25, 0.3) is 0 Å². The van der Waals surface area contributed by atoms with Crippen LogP contribution in [0.3, 0.4) is 0 Å². The van der Waals surface area contributed by atoms with Crippen LogP contribution in [0.1, 0.15) is 51.9 Å². The molecule has 0 radical (unpaired) electrons. The third kappa shape index (κ3) is 3.61. The smallest absolute Gasteiger partial charge is 0.0898 e. The average Bonchev–Trinajstić information content (AvgIpc) is 2.73. The van der Waals surface area contributed by atoms with Crippen molar-refractivity contribution in [3.63, 3.8) is 0 Å². The number of ether oxygens (including phenoxy) is 1. The predicted octanol–water partition coefficient (Wildman–Crippen LogP) is 2.63. The van der Waals surface area contributed by atoms with Crippen LogP contribution in [0.5, 0.6) is 0 Å². The first-order valence-corrected chi connectivity index (χ1v) is 7.65. The van der Waals surface area contributed by atoms with Crippen LogP contribution in [0.25, 0.3) is 0 Å². The number of hydrogen-bond donors (Lipinski definition) is 0. The minimum Gasteiger partial charge on any atom is -0.374 e. The Morgan fingerprint density at radius 2 is 2.10 bits per heavy atom. The average molecular weight is 279 g/mol. The standard InChI is InChI=1S/C16H29N3O/c1-12(2)14-9-15(16(3,4)5)19(17-14)11-13-10-18(6)7-8-20-13/h9,12-13H,7-8,10-11H2,1-6H3. The number of nitrogens with zero attached hydrogens (tertiary/aromatic N) is 3. The Labute approximate surface area is 123 Å². The molecule has 1 unspecified atom stereocenters. The van der Waals surface area contributed by atoms with Gasteiger partial charge in [-0.2, -0.15) is 5.10 Å². The number of aromatic nitrogens is 2. The Morgan fingerprint density at radius 1 is 1.40 bits per heavy atom. The molecule has 1 aliphatic heterocycles. The van der Waals surface area contributed by atoms with E-state index in [4.69, 9.17) is 9.84 Å². The normalized spacial score (nSPS) is 21.6. The topological polar surface area (TPSA) is 30.3 Å². The van der Waals surface area contributed by atoms with E-state index in [2.05, 4.69) is 57.3 Å². The van der Waals surface area contributed by atoms with Gasteiger partial charge in [-0.15, -0.1) is 0 Å². The van der Waals surface area contributed by atoms with Crippen LogP contribution in [0.2, 0.25) is 0 Å². The van der Waals surface area contributed by atoms with Gasteiger partial charge in [0.15, 0.2) is 0 Å². The molecule has 0 spiro atoms. The zero-order chi connectivity index (χ0) is 14.9. The van der Waals surface area contributed by atoms with E-state index < -0.39 is 0 Å². The largest absolute Gasteiger partial charge is 0.374 e. The van der Waals surface area contributed by atoms with Crippen LogP contribution < -0.4 is 0 Å². The molecule has 1 fully saturated rings. The second-order valence-corrected chi connectivity index (χ2v) is 7.30. The van der Waals surface area contributed by atoms with Gasteiger partial charge in [0.1, 0.15) is 0 Å². The highest BCUT2D eigenvalue weighted by atomic mass is 16.5. The van der Waals surface area contributed by atoms with Crippen LogP contribution in [0, 0.1) is 0 Å². The maximum Gasteiger partial charge on any atom is 0.0898 e. The molecule has 0 aromatic carbocycles. The quantitative estimate of drug-likeness (QED) is 0.852. The Bertz CT molecular complexity index is 445. The predicted molar refractivity (Wildman–Crippen MR) is 82.3 cm³/mol. The molecule has 0 saturated carbocycles. The molecule has 20 heavy (non-hydrogen) atoms. The summed E-state index contributed by atoms with van der Waals surface area (Å²) in [7, 11) is 2.16. The van der Waals surface area contributed by atoms with E-state index in [0.29, 0.717) is 5.92 Å². The lowest BCUT2D eigenvalue weighted by atomic mass is 9.91. The monoisotopic (exact) mass is 279 g/mol. The fraction of sp³-hybridized carbons (Fsp3) is 0.812. The van der Waals surface area contributed by atoms with E-state index >= 15 is 0 Å². The molecule has 1 aromatic rings. The molecule has 2 rings (SSSR count). The van der Waals surface area contributed by atoms with Crippen molar-refractivity contribution in [2.45, 2.75) is 58.6 Å². The fourth-order valence-electron chi connectivity index (χ4n) is 2.63. The molecule has 0 N–H and O–H groups in total. The maximum absolute atomic E-state index is 5.89. The summed E-state index contributed by atoms with van der Waals surface area (Å²) in [5.41, 5.74) is 2.60. The SMILES string of the molecule is CC(C)c1cc(C(C)(C)C)n(CC2CN(C)CCO2)n1. The van der Waals surface area contributed by atoms with Gasteiger partial charge in [0, 0.05) is 24.2 Å². The van der Waals surface area contributed by atoms with Crippen LogP contribution in [0.15, 0.2) is 6.07 Å². The van der Waals surface area contributed by atoms with Gasteiger partial charge in [0.2, 0.25) is 0 Å². The lowest BCUT2D eigenvalue weighted by Gasteiger charge is -2.31. The third-order valence-corrected chi connectivity index (χ3v) is 3.88. The lowest BCUT2D eigenvalue weighted by molar-refractivity contribution is -0.0297. The first kappa shape index (κ1) is 15.5. The summed E-state index contributed by atoms with van der Waals surface area (Å²) in [5, 5.41) is 4.81. The Hall–Kier alpha value is -0.870. The lowest BCUT2D eigenvalue weighted by Crippen LogP contribution is -2.42. The molecule has 0 amide bonds. The fourth-order valence-corrected chi connectivity index (χ4v) is 2.63. The molecule has 1 aromatic heterocycles. The third-order valence-electron chi connectivity index (χ3n) is 3.88. The summed E-state index contributed by atoms with van der Waals surface area (Å²) in [5.74, 6) is 0.465. The molecule has 1 saturated heterocycles. The summed E-state index contributed by atoms with van der Waals surface area (Å²) < 4.78 is 8.05. The molecular weight excluding hydrogens is 250 g/mol. The second kappa shape index (κ2) is 5.86. The molecule has 0 aliphatic carbocycles. The van der Waals surface area contributed by atoms with Crippen LogP contribution >= 0.6 is 0 Å². The van der Waals surface area contributed by atoms with Gasteiger partial charge in [-0.25, -0.2) is 0 Å². The van der Waals surface area contributed by atoms with Gasteiger partial charge in [-0.1, -0.05) is 34.6 Å². The highest BCUT2D eigenvalue weighted by molar-refractivity contribution is 5.20. The Kier molecular flexibility index (Phi) is 4.55. The van der Waals surface area contributed by atoms with E-state index in [1.165, 1.54) is 11.4 Å². The highest BCUT2D eigenvalue weighted by Gasteiger charge is 2.25. The molecule has 4 heteroatoms. The van der Waals surface area contributed by atoms with E-state index in [0.717, 1.165) is 26.2 Å². The van der Waals surface area contributed by atoms with Crippen LogP contribution in [-0.4, -0.2) is 47.5 Å². The minimum absolute atomic E-state index is 0.112. The van der Waals surface area contributed by atoms with Crippen molar-refractivity contribution in [2.24, 2.45) is 0 Å². The first-order chi connectivity index (χ1) is 9.27. The van der Waals surface area contributed by atoms with E-state index in [-0.39, 0.29) is 11.5 Å². The number of morpholine rings is 1. The second-order valence-electron chi connectivity index (χ2n) is 7.30. The molecule has 2 heterocycles. The van der Waals surface area contributed by atoms with E-state index in [1.807, 2.05) is 0 Å². The van der Waals surface area contributed by atoms with Crippen molar-refractivity contribution in [1.29, 1.82) is 0 Å². The zero-order valence-corrected chi connectivity index (χ0v) is 13.8. The highest BCUT2D eigenvalue weighted by Crippen LogP contribution is 2.26. The van der Waals surface area contributed by atoms with E-state index in [9.17, 15) is 0 Å². The molecule has 1 atom stereocenters. The molecular formula is C16H29N3O. The first-order valence-electron chi connectivity index (χ1n) is 7.65. The molecule has 114 valence electrons. The Morgan fingerprint density at radius 3 is 2.65 bits per heavy atom. The van der Waals surface area contributed by atoms with Gasteiger partial charge in [-0.3, -0.25) is 4.68 Å². The number of likely N-dealkylation sites (N-methyl/N-ethyl adjacent to an activating group) is 1. The van der Waals surface area contributed by atoms with Crippen LogP contribution in [0.4, 0.5) is 0 Å². The summed E-state index contributed by atoms with van der Waals surface area (Å²) in [4.78, 5) is 2.33. The summed E-state index contributed by atoms with van der Waals surface area (Å²) >= 11 is 0. The maximum atomic E-state index is 5.89. The van der Waals surface area contributed by atoms with Gasteiger partial charge < -0.3 is 9.64 Å². The van der Waals surface area contributed by atoms with Gasteiger partial charge in [0.05, 0.1) is 24.9 Å². The Balaban J connectivity index is 2.21. The minimum atomic E-state index is 0.112. The van der Waals surface area contributed by atoms with Gasteiger partial charge in [-0.05, 0) is 19.0 Å².